The summed E-state index contributed by atoms with van der Waals surface area (Å²) >= 11 is 1.93. The lowest BCUT2D eigenvalue weighted by atomic mass is 10.0. The molecule has 1 fully saturated rings. The molecule has 0 bridgehead atoms. The van der Waals surface area contributed by atoms with Crippen molar-refractivity contribution in [2.45, 2.75) is 44.9 Å². The fraction of sp³-hybridized carbons (Fsp3) is 0.800. The van der Waals surface area contributed by atoms with Crippen LogP contribution in [0.2, 0.25) is 0 Å². The first-order valence-electron chi connectivity index (χ1n) is 5.48. The molecule has 1 rings (SSSR count). The highest BCUT2D eigenvalue weighted by Crippen LogP contribution is 2.27. The van der Waals surface area contributed by atoms with Crippen LogP contribution in [-0.2, 0) is 28.0 Å². The van der Waals surface area contributed by atoms with Crippen molar-refractivity contribution in [1.29, 1.82) is 0 Å². The van der Waals surface area contributed by atoms with E-state index in [4.69, 9.17) is 18.4 Å². The summed E-state index contributed by atoms with van der Waals surface area (Å²) in [5.41, 5.74) is 0. The van der Waals surface area contributed by atoms with E-state index in [1.165, 1.54) is 6.92 Å². The van der Waals surface area contributed by atoms with Crippen molar-refractivity contribution in [3.05, 3.63) is 0 Å². The van der Waals surface area contributed by atoms with Crippen LogP contribution in [0.25, 0.3) is 0 Å². The fourth-order valence-corrected chi connectivity index (χ4v) is 2.32. The molecular formula is C10H14FIO6S. The molecule has 0 saturated carbocycles. The molecule has 0 radical (unpaired) electrons. The van der Waals surface area contributed by atoms with E-state index < -0.39 is 36.6 Å². The number of hydrogen-bond acceptors (Lipinski definition) is 7. The number of rotatable bonds is 5. The highest BCUT2D eigenvalue weighted by molar-refractivity contribution is 14.2. The van der Waals surface area contributed by atoms with Crippen LogP contribution in [0.4, 0.5) is 4.39 Å². The Morgan fingerprint density at radius 1 is 1.37 bits per heavy atom. The van der Waals surface area contributed by atoms with Gasteiger partial charge in [0, 0.05) is 41.5 Å². The maximum atomic E-state index is 14.0. The molecule has 0 aromatic heterocycles. The van der Waals surface area contributed by atoms with Crippen molar-refractivity contribution in [2.24, 2.45) is 0 Å². The summed E-state index contributed by atoms with van der Waals surface area (Å²) in [6, 6.07) is 0. The van der Waals surface area contributed by atoms with E-state index in [9.17, 15) is 14.0 Å². The smallest absolute Gasteiger partial charge is 0.305 e. The number of carbonyl (C=O) groups excluding carboxylic acids is 2. The number of halogens is 2. The summed E-state index contributed by atoms with van der Waals surface area (Å²) in [7, 11) is 1.11. The maximum Gasteiger partial charge on any atom is 0.305 e. The van der Waals surface area contributed by atoms with Crippen LogP contribution in [0.5, 0.6) is 0 Å². The molecule has 0 amide bonds. The molecule has 1 aliphatic rings. The van der Waals surface area contributed by atoms with Gasteiger partial charge in [0.25, 0.3) is 0 Å². The van der Waals surface area contributed by atoms with Gasteiger partial charge in [-0.3, -0.25) is 9.59 Å². The van der Waals surface area contributed by atoms with Gasteiger partial charge in [-0.2, -0.15) is 0 Å². The van der Waals surface area contributed by atoms with Gasteiger partial charge in [-0.1, -0.05) is 0 Å². The molecule has 4 atom stereocenters. The first kappa shape index (κ1) is 16.9. The number of carbonyl (C=O) groups is 2. The first-order chi connectivity index (χ1) is 8.93. The summed E-state index contributed by atoms with van der Waals surface area (Å²) in [4.78, 5) is 21.8. The molecule has 1 aliphatic heterocycles. The van der Waals surface area contributed by atoms with Gasteiger partial charge in [0.15, 0.2) is 6.17 Å². The minimum atomic E-state index is -1.71. The van der Waals surface area contributed by atoms with E-state index in [-0.39, 0.29) is 13.0 Å². The van der Waals surface area contributed by atoms with Crippen LogP contribution in [0.15, 0.2) is 0 Å². The molecule has 19 heavy (non-hydrogen) atoms. The van der Waals surface area contributed by atoms with Crippen molar-refractivity contribution in [3.8, 4) is 0 Å². The Bertz CT molecular complexity index is 305. The summed E-state index contributed by atoms with van der Waals surface area (Å²) < 4.78 is 34.0. The zero-order chi connectivity index (χ0) is 14.4. The molecule has 9 heteroatoms. The molecule has 0 spiro atoms. The highest BCUT2D eigenvalue weighted by atomic mass is 127. The normalized spacial score (nSPS) is 30.7. The lowest BCUT2D eigenvalue weighted by molar-refractivity contribution is -0.249. The van der Waals surface area contributed by atoms with E-state index >= 15 is 0 Å². The fourth-order valence-electron chi connectivity index (χ4n) is 1.68. The zero-order valence-electron chi connectivity index (χ0n) is 10.3. The van der Waals surface area contributed by atoms with E-state index in [2.05, 4.69) is 0 Å². The summed E-state index contributed by atoms with van der Waals surface area (Å²) in [6.45, 7) is 2.52. The zero-order valence-corrected chi connectivity index (χ0v) is 13.3. The largest absolute Gasteiger partial charge is 0.459 e. The van der Waals surface area contributed by atoms with Gasteiger partial charge in [-0.15, -0.1) is 0 Å². The van der Waals surface area contributed by atoms with E-state index in [0.717, 1.165) is 16.1 Å². The molecular weight excluding hydrogens is 394 g/mol. The Morgan fingerprint density at radius 2 is 2.00 bits per heavy atom. The van der Waals surface area contributed by atoms with E-state index in [1.54, 1.807) is 0 Å². The minimum absolute atomic E-state index is 0.149. The van der Waals surface area contributed by atoms with Crippen molar-refractivity contribution in [1.82, 2.24) is 0 Å². The van der Waals surface area contributed by atoms with Gasteiger partial charge in [0.05, 0.1) is 21.9 Å². The monoisotopic (exact) mass is 408 g/mol. The standard InChI is InChI=1S/C10H14FIO6S/c1-5(13)16-8-3-7(4-15-19-12)18-10(9(8)11)17-6(2)14/h7-10H,3-4H2,1-2H3. The molecule has 6 nitrogen and oxygen atoms in total. The second-order valence-corrected chi connectivity index (χ2v) is 5.35. The van der Waals surface area contributed by atoms with Gasteiger partial charge in [-0.05, 0) is 0 Å². The van der Waals surface area contributed by atoms with Crippen molar-refractivity contribution in [2.75, 3.05) is 6.61 Å². The SMILES string of the molecule is CC(=O)OC1CC(COSI)OC(OC(C)=O)C1F. The second-order valence-electron chi connectivity index (χ2n) is 3.91. The molecule has 0 aliphatic carbocycles. The Kier molecular flexibility index (Phi) is 7.32. The van der Waals surface area contributed by atoms with Crippen molar-refractivity contribution < 1.29 is 32.4 Å². The lowest BCUT2D eigenvalue weighted by Crippen LogP contribution is -2.50. The molecule has 1 heterocycles. The van der Waals surface area contributed by atoms with Gasteiger partial charge in [0.1, 0.15) is 6.10 Å². The van der Waals surface area contributed by atoms with Crippen LogP contribution in [0.1, 0.15) is 20.3 Å². The van der Waals surface area contributed by atoms with E-state index in [1.807, 2.05) is 21.2 Å². The predicted molar refractivity (Wildman–Crippen MR) is 73.1 cm³/mol. The molecule has 110 valence electrons. The maximum absolute atomic E-state index is 14.0. The predicted octanol–water partition coefficient (Wildman–Crippen LogP) is 1.95. The number of ether oxygens (including phenoxy) is 3. The topological polar surface area (TPSA) is 71.1 Å². The van der Waals surface area contributed by atoms with Gasteiger partial charge in [-0.25, -0.2) is 4.39 Å². The third-order valence-electron chi connectivity index (χ3n) is 2.33. The van der Waals surface area contributed by atoms with Crippen LogP contribution >= 0.6 is 30.4 Å². The Hall–Kier alpha value is -0.130. The van der Waals surface area contributed by atoms with Crippen molar-refractivity contribution >= 4 is 42.4 Å². The first-order valence-corrected chi connectivity index (χ1v) is 8.76. The Morgan fingerprint density at radius 3 is 2.53 bits per heavy atom. The highest BCUT2D eigenvalue weighted by Gasteiger charge is 2.43. The number of esters is 2. The summed E-state index contributed by atoms with van der Waals surface area (Å²) in [5, 5.41) is 0. The molecule has 0 aromatic carbocycles. The average molecular weight is 408 g/mol. The third-order valence-corrected chi connectivity index (χ3v) is 3.32. The Balaban J connectivity index is 2.68. The summed E-state index contributed by atoms with van der Waals surface area (Å²) in [5.74, 6) is -1.27. The van der Waals surface area contributed by atoms with Crippen molar-refractivity contribution in [3.63, 3.8) is 0 Å². The van der Waals surface area contributed by atoms with Crippen LogP contribution in [0.3, 0.4) is 0 Å². The molecule has 1 saturated heterocycles. The van der Waals surface area contributed by atoms with Gasteiger partial charge in [0.2, 0.25) is 6.29 Å². The van der Waals surface area contributed by atoms with Gasteiger partial charge >= 0.3 is 11.9 Å². The second kappa shape index (κ2) is 8.22. The Labute approximate surface area is 126 Å². The number of hydrogen-bond donors (Lipinski definition) is 0. The quantitative estimate of drug-likeness (QED) is 0.391. The molecule has 4 unspecified atom stereocenters. The average Bonchev–Trinajstić information content (AvgIpc) is 2.30. The molecule has 0 N–H and O–H groups in total. The lowest BCUT2D eigenvalue weighted by Gasteiger charge is -2.36. The van der Waals surface area contributed by atoms with Gasteiger partial charge < -0.3 is 18.4 Å². The minimum Gasteiger partial charge on any atom is -0.459 e. The third kappa shape index (κ3) is 5.79. The number of alkyl halides is 1. The van der Waals surface area contributed by atoms with Crippen LogP contribution < -0.4 is 0 Å². The van der Waals surface area contributed by atoms with E-state index in [0.29, 0.717) is 0 Å². The molecule has 0 aromatic rings. The van der Waals surface area contributed by atoms with Crippen LogP contribution in [-0.4, -0.2) is 43.2 Å². The van der Waals surface area contributed by atoms with Crippen LogP contribution in [0, 0.1) is 0 Å². The summed E-state index contributed by atoms with van der Waals surface area (Å²) in [6.07, 6.45) is -4.47.